The van der Waals surface area contributed by atoms with Crippen molar-refractivity contribution >= 4 is 35.6 Å². The molecule has 0 aliphatic carbocycles. The van der Waals surface area contributed by atoms with Crippen LogP contribution in [-0.2, 0) is 9.53 Å². The van der Waals surface area contributed by atoms with E-state index in [4.69, 9.17) is 21.1 Å². The molecule has 0 saturated heterocycles. The van der Waals surface area contributed by atoms with Crippen LogP contribution in [0.15, 0.2) is 65.3 Å². The Balaban J connectivity index is 1.75. The Morgan fingerprint density at radius 2 is 1.67 bits per heavy atom. The monoisotopic (exact) mass is 339 g/mol. The van der Waals surface area contributed by atoms with Crippen molar-refractivity contribution in [2.75, 3.05) is 7.11 Å². The number of methoxy groups -OCH3 is 1. The van der Waals surface area contributed by atoms with Crippen LogP contribution in [0.4, 0.5) is 0 Å². The quantitative estimate of drug-likeness (QED) is 0.614. The molecule has 0 saturated carbocycles. The number of rotatable bonds is 4. The SMILES string of the molecule is COc1ccc(/C=C/C2=NC(=Cc3ccc(Cl)cc3)C(=O)O2)cc1. The van der Waals surface area contributed by atoms with Gasteiger partial charge in [-0.05, 0) is 47.5 Å². The third kappa shape index (κ3) is 3.91. The fourth-order valence-corrected chi connectivity index (χ4v) is 2.22. The minimum Gasteiger partial charge on any atom is -0.497 e. The Labute approximate surface area is 144 Å². The predicted octanol–water partition coefficient (Wildman–Crippen LogP) is 4.36. The summed E-state index contributed by atoms with van der Waals surface area (Å²) in [4.78, 5) is 16.1. The smallest absolute Gasteiger partial charge is 0.363 e. The fraction of sp³-hybridized carbons (Fsp3) is 0.0526. The normalized spacial score (nSPS) is 15.7. The maximum atomic E-state index is 11.9. The van der Waals surface area contributed by atoms with Gasteiger partial charge in [0.2, 0.25) is 5.90 Å². The topological polar surface area (TPSA) is 47.9 Å². The highest BCUT2D eigenvalue weighted by molar-refractivity contribution is 6.30. The molecule has 4 nitrogen and oxygen atoms in total. The van der Waals surface area contributed by atoms with E-state index in [0.29, 0.717) is 5.02 Å². The Morgan fingerprint density at radius 1 is 1.00 bits per heavy atom. The van der Waals surface area contributed by atoms with Gasteiger partial charge in [0.25, 0.3) is 0 Å². The van der Waals surface area contributed by atoms with Gasteiger partial charge < -0.3 is 9.47 Å². The minimum absolute atomic E-state index is 0.256. The van der Waals surface area contributed by atoms with Crippen molar-refractivity contribution < 1.29 is 14.3 Å². The van der Waals surface area contributed by atoms with Gasteiger partial charge in [0, 0.05) is 11.1 Å². The largest absolute Gasteiger partial charge is 0.497 e. The standard InChI is InChI=1S/C19H14ClNO3/c1-23-16-9-4-13(5-10-16)6-11-18-21-17(19(22)24-18)12-14-2-7-15(20)8-3-14/h2-12H,1H3/b11-6+,17-12?. The van der Waals surface area contributed by atoms with Crippen LogP contribution in [0.2, 0.25) is 5.02 Å². The molecule has 0 fully saturated rings. The van der Waals surface area contributed by atoms with Gasteiger partial charge in [0.1, 0.15) is 5.75 Å². The van der Waals surface area contributed by atoms with Crippen LogP contribution >= 0.6 is 11.6 Å². The van der Waals surface area contributed by atoms with E-state index in [2.05, 4.69) is 4.99 Å². The molecule has 0 amide bonds. The molecule has 0 aromatic heterocycles. The molecule has 5 heteroatoms. The number of carbonyl (C=O) groups excluding carboxylic acids is 1. The van der Waals surface area contributed by atoms with E-state index in [1.165, 1.54) is 0 Å². The summed E-state index contributed by atoms with van der Waals surface area (Å²) < 4.78 is 10.2. The van der Waals surface area contributed by atoms with Crippen molar-refractivity contribution in [3.63, 3.8) is 0 Å². The molecule has 24 heavy (non-hydrogen) atoms. The lowest BCUT2D eigenvalue weighted by atomic mass is 10.2. The first-order valence-corrected chi connectivity index (χ1v) is 7.62. The summed E-state index contributed by atoms with van der Waals surface area (Å²) in [7, 11) is 1.62. The fourth-order valence-electron chi connectivity index (χ4n) is 2.10. The molecule has 0 atom stereocenters. The number of carbonyl (C=O) groups is 1. The van der Waals surface area contributed by atoms with Crippen molar-refractivity contribution in [1.29, 1.82) is 0 Å². The van der Waals surface area contributed by atoms with Gasteiger partial charge in [0.15, 0.2) is 5.70 Å². The Bertz CT molecular complexity index is 834. The third-order valence-electron chi connectivity index (χ3n) is 3.34. The molecule has 120 valence electrons. The van der Waals surface area contributed by atoms with Gasteiger partial charge in [-0.2, -0.15) is 0 Å². The number of esters is 1. The summed E-state index contributed by atoms with van der Waals surface area (Å²) in [6.45, 7) is 0. The number of benzene rings is 2. The molecule has 2 aromatic rings. The molecule has 0 spiro atoms. The molecule has 0 unspecified atom stereocenters. The number of nitrogens with zero attached hydrogens (tertiary/aromatic N) is 1. The summed E-state index contributed by atoms with van der Waals surface area (Å²) >= 11 is 5.84. The van der Waals surface area contributed by atoms with E-state index < -0.39 is 5.97 Å². The second kappa shape index (κ2) is 7.15. The lowest BCUT2D eigenvalue weighted by Crippen LogP contribution is -2.01. The molecule has 0 N–H and O–H groups in total. The second-order valence-electron chi connectivity index (χ2n) is 5.03. The van der Waals surface area contributed by atoms with Crippen molar-refractivity contribution in [3.05, 3.63) is 76.5 Å². The van der Waals surface area contributed by atoms with Gasteiger partial charge in [0.05, 0.1) is 7.11 Å². The Hall–Kier alpha value is -2.85. The molecule has 2 aromatic carbocycles. The van der Waals surface area contributed by atoms with Crippen LogP contribution in [0.1, 0.15) is 11.1 Å². The molecule has 0 radical (unpaired) electrons. The van der Waals surface area contributed by atoms with Gasteiger partial charge in [-0.15, -0.1) is 0 Å². The molecule has 1 aliphatic rings. The molecule has 3 rings (SSSR count). The average molecular weight is 340 g/mol. The first kappa shape index (κ1) is 16.0. The van der Waals surface area contributed by atoms with Crippen molar-refractivity contribution in [2.24, 2.45) is 4.99 Å². The Morgan fingerprint density at radius 3 is 2.33 bits per heavy atom. The van der Waals surface area contributed by atoms with Crippen LogP contribution in [0, 0.1) is 0 Å². The lowest BCUT2D eigenvalue weighted by molar-refractivity contribution is -0.129. The van der Waals surface area contributed by atoms with Gasteiger partial charge in [-0.1, -0.05) is 35.9 Å². The number of aliphatic imine (C=N–C) groups is 1. The molecule has 1 heterocycles. The Kier molecular flexibility index (Phi) is 4.77. The zero-order valence-electron chi connectivity index (χ0n) is 12.9. The highest BCUT2D eigenvalue weighted by Crippen LogP contribution is 2.18. The highest BCUT2D eigenvalue weighted by atomic mass is 35.5. The van der Waals surface area contributed by atoms with E-state index in [9.17, 15) is 4.79 Å². The van der Waals surface area contributed by atoms with Crippen LogP contribution < -0.4 is 4.74 Å². The van der Waals surface area contributed by atoms with Crippen LogP contribution in [0.25, 0.3) is 12.2 Å². The minimum atomic E-state index is -0.473. The van der Waals surface area contributed by atoms with Gasteiger partial charge >= 0.3 is 5.97 Å². The average Bonchev–Trinajstić information content (AvgIpc) is 2.95. The number of hydrogen-bond donors (Lipinski definition) is 0. The van der Waals surface area contributed by atoms with Gasteiger partial charge in [-0.25, -0.2) is 9.79 Å². The van der Waals surface area contributed by atoms with Crippen LogP contribution in [-0.4, -0.2) is 19.0 Å². The second-order valence-corrected chi connectivity index (χ2v) is 5.46. The molecular formula is C19H14ClNO3. The number of ether oxygens (including phenoxy) is 2. The van der Waals surface area contributed by atoms with Crippen LogP contribution in [0.3, 0.4) is 0 Å². The maximum Gasteiger partial charge on any atom is 0.363 e. The lowest BCUT2D eigenvalue weighted by Gasteiger charge is -1.98. The summed E-state index contributed by atoms with van der Waals surface area (Å²) in [5.74, 6) is 0.570. The summed E-state index contributed by atoms with van der Waals surface area (Å²) in [5.41, 5.74) is 2.03. The number of halogens is 1. The zero-order chi connectivity index (χ0) is 16.9. The number of cyclic esters (lactones) is 1. The maximum absolute atomic E-state index is 11.9. The van der Waals surface area contributed by atoms with E-state index in [-0.39, 0.29) is 11.6 Å². The molecule has 1 aliphatic heterocycles. The first-order valence-electron chi connectivity index (χ1n) is 7.24. The zero-order valence-corrected chi connectivity index (χ0v) is 13.7. The predicted molar refractivity (Wildman–Crippen MR) is 95.0 cm³/mol. The molecule has 0 bridgehead atoms. The first-order chi connectivity index (χ1) is 11.6. The van der Waals surface area contributed by atoms with E-state index >= 15 is 0 Å². The third-order valence-corrected chi connectivity index (χ3v) is 3.60. The molecular weight excluding hydrogens is 326 g/mol. The van der Waals surface area contributed by atoms with Crippen molar-refractivity contribution in [2.45, 2.75) is 0 Å². The summed E-state index contributed by atoms with van der Waals surface area (Å²) in [6.07, 6.45) is 5.13. The van der Waals surface area contributed by atoms with E-state index in [1.807, 2.05) is 42.5 Å². The van der Waals surface area contributed by atoms with E-state index in [0.717, 1.165) is 16.9 Å². The highest BCUT2D eigenvalue weighted by Gasteiger charge is 2.20. The van der Waals surface area contributed by atoms with Gasteiger partial charge in [-0.3, -0.25) is 0 Å². The summed E-state index contributed by atoms with van der Waals surface area (Å²) in [5, 5.41) is 0.637. The van der Waals surface area contributed by atoms with E-state index in [1.54, 1.807) is 31.4 Å². The summed E-state index contributed by atoms with van der Waals surface area (Å²) in [6, 6.07) is 14.6. The van der Waals surface area contributed by atoms with Crippen LogP contribution in [0.5, 0.6) is 5.75 Å². The van der Waals surface area contributed by atoms with Crippen molar-refractivity contribution in [3.8, 4) is 5.75 Å². The van der Waals surface area contributed by atoms with Crippen molar-refractivity contribution in [1.82, 2.24) is 0 Å². The number of hydrogen-bond acceptors (Lipinski definition) is 4.